The minimum absolute atomic E-state index is 0.0497. The van der Waals surface area contributed by atoms with E-state index in [9.17, 15) is 4.79 Å². The Morgan fingerprint density at radius 3 is 2.47 bits per heavy atom. The quantitative estimate of drug-likeness (QED) is 0.443. The molecule has 5 rings (SSSR count). The van der Waals surface area contributed by atoms with Gasteiger partial charge in [0.1, 0.15) is 11.4 Å². The molecule has 1 amide bonds. The molecule has 2 aromatic rings. The van der Waals surface area contributed by atoms with Crippen molar-refractivity contribution in [1.82, 2.24) is 9.88 Å². The summed E-state index contributed by atoms with van der Waals surface area (Å²) in [6, 6.07) is 12.5. The lowest BCUT2D eigenvalue weighted by Crippen LogP contribution is -2.50. The number of carbonyl (C=O) groups is 1. The fraction of sp³-hybridized carbons (Fsp3) is 0.581. The van der Waals surface area contributed by atoms with Gasteiger partial charge in [0.15, 0.2) is 0 Å². The zero-order chi connectivity index (χ0) is 26.8. The highest BCUT2D eigenvalue weighted by atomic mass is 35.5. The van der Waals surface area contributed by atoms with Crippen LogP contribution < -0.4 is 4.90 Å². The Balaban J connectivity index is 1.20. The van der Waals surface area contributed by atoms with E-state index in [2.05, 4.69) is 65.0 Å². The Morgan fingerprint density at radius 2 is 1.76 bits per heavy atom. The van der Waals surface area contributed by atoms with Gasteiger partial charge in [-0.3, -0.25) is 4.79 Å². The summed E-state index contributed by atoms with van der Waals surface area (Å²) in [6.07, 6.45) is 9.65. The molecule has 6 nitrogen and oxygen atoms in total. The van der Waals surface area contributed by atoms with Crippen molar-refractivity contribution in [2.75, 3.05) is 31.1 Å². The van der Waals surface area contributed by atoms with Crippen LogP contribution >= 0.6 is 11.6 Å². The lowest BCUT2D eigenvalue weighted by molar-refractivity contribution is -0.136. The minimum Gasteiger partial charge on any atom is -0.389 e. The molecule has 2 fully saturated rings. The standard InChI is InChI=1S/C31H41ClN4O2/c1-30(2,3)25-12-10-23(11-13-25)27-22-31(38-34-27)15-6-4-5-8-24(14-16-31)29(37)36-20-18-35(19-21-36)28-26(32)9-7-17-33-28/h7,9-13,17,24H,4-6,8,14-16,18-22H2,1-3H3. The third-order valence-corrected chi connectivity index (χ3v) is 8.83. The van der Waals surface area contributed by atoms with Gasteiger partial charge < -0.3 is 14.6 Å². The first kappa shape index (κ1) is 27.0. The number of carbonyl (C=O) groups excluding carboxylic acids is 1. The number of rotatable bonds is 3. The third kappa shape index (κ3) is 6.01. The van der Waals surface area contributed by atoms with Gasteiger partial charge in [-0.2, -0.15) is 0 Å². The number of piperazine rings is 1. The molecule has 38 heavy (non-hydrogen) atoms. The number of aromatic nitrogens is 1. The molecular formula is C31H41ClN4O2. The summed E-state index contributed by atoms with van der Waals surface area (Å²) in [5.74, 6) is 1.16. The predicted molar refractivity (Wildman–Crippen MR) is 154 cm³/mol. The lowest BCUT2D eigenvalue weighted by Gasteiger charge is -2.37. The maximum atomic E-state index is 13.6. The summed E-state index contributed by atoms with van der Waals surface area (Å²) in [6.45, 7) is 9.64. The smallest absolute Gasteiger partial charge is 0.225 e. The number of amides is 1. The Hall–Kier alpha value is -2.60. The van der Waals surface area contributed by atoms with Gasteiger partial charge in [-0.15, -0.1) is 0 Å². The highest BCUT2D eigenvalue weighted by Crippen LogP contribution is 2.39. The van der Waals surface area contributed by atoms with E-state index >= 15 is 0 Å². The zero-order valence-corrected chi connectivity index (χ0v) is 23.8. The molecule has 1 saturated carbocycles. The number of hydrogen-bond donors (Lipinski definition) is 0. The minimum atomic E-state index is -0.282. The first-order valence-corrected chi connectivity index (χ1v) is 14.6. The van der Waals surface area contributed by atoms with Crippen LogP contribution in [0, 0.1) is 5.92 Å². The molecule has 1 aliphatic carbocycles. The average molecular weight is 537 g/mol. The van der Waals surface area contributed by atoms with Crippen LogP contribution in [0.4, 0.5) is 5.82 Å². The van der Waals surface area contributed by atoms with Gasteiger partial charge in [-0.25, -0.2) is 4.98 Å². The Labute approximate surface area is 232 Å². The van der Waals surface area contributed by atoms with E-state index in [0.717, 1.165) is 81.5 Å². The SMILES string of the molecule is CC(C)(C)c1ccc(C2=NOC3(CCCCCC(C(=O)N4CCN(c5ncccc5Cl)CC4)CC3)C2)cc1. The van der Waals surface area contributed by atoms with Crippen LogP contribution in [0.25, 0.3) is 0 Å². The van der Waals surface area contributed by atoms with Crippen molar-refractivity contribution in [2.24, 2.45) is 11.1 Å². The van der Waals surface area contributed by atoms with E-state index < -0.39 is 0 Å². The van der Waals surface area contributed by atoms with Crippen LogP contribution in [0.3, 0.4) is 0 Å². The number of pyridine rings is 1. The molecule has 1 aromatic heterocycles. The van der Waals surface area contributed by atoms with Crippen LogP contribution in [-0.2, 0) is 15.0 Å². The summed E-state index contributed by atoms with van der Waals surface area (Å²) in [4.78, 5) is 28.5. The van der Waals surface area contributed by atoms with Crippen molar-refractivity contribution in [3.8, 4) is 0 Å². The van der Waals surface area contributed by atoms with Crippen molar-refractivity contribution in [1.29, 1.82) is 0 Å². The fourth-order valence-electron chi connectivity index (χ4n) is 6.08. The van der Waals surface area contributed by atoms with Crippen molar-refractivity contribution < 1.29 is 9.63 Å². The average Bonchev–Trinajstić information content (AvgIpc) is 3.37. The molecule has 2 atom stereocenters. The third-order valence-electron chi connectivity index (χ3n) is 8.54. The monoisotopic (exact) mass is 536 g/mol. The normalized spacial score (nSPS) is 24.8. The number of halogens is 1. The summed E-state index contributed by atoms with van der Waals surface area (Å²) in [7, 11) is 0. The highest BCUT2D eigenvalue weighted by Gasteiger charge is 2.41. The van der Waals surface area contributed by atoms with Gasteiger partial charge >= 0.3 is 0 Å². The van der Waals surface area contributed by atoms with Gasteiger partial charge in [0, 0.05) is 44.7 Å². The molecule has 0 N–H and O–H groups in total. The largest absolute Gasteiger partial charge is 0.389 e. The summed E-state index contributed by atoms with van der Waals surface area (Å²) in [5, 5.41) is 5.24. The molecule has 3 aliphatic rings. The number of hydrogen-bond acceptors (Lipinski definition) is 5. The molecule has 1 aromatic carbocycles. The second kappa shape index (κ2) is 11.3. The maximum Gasteiger partial charge on any atom is 0.225 e. The van der Waals surface area contributed by atoms with E-state index in [4.69, 9.17) is 16.4 Å². The lowest BCUT2D eigenvalue weighted by atomic mass is 9.83. The Bertz CT molecular complexity index is 1150. The molecule has 0 radical (unpaired) electrons. The second-order valence-electron chi connectivity index (χ2n) is 12.3. The zero-order valence-electron chi connectivity index (χ0n) is 23.1. The van der Waals surface area contributed by atoms with Crippen LogP contribution in [-0.4, -0.2) is 53.3 Å². The molecule has 2 unspecified atom stereocenters. The summed E-state index contributed by atoms with van der Waals surface area (Å²) >= 11 is 6.35. The van der Waals surface area contributed by atoms with Crippen molar-refractivity contribution in [2.45, 2.75) is 83.2 Å². The molecule has 3 heterocycles. The Kier molecular flexibility index (Phi) is 7.99. The van der Waals surface area contributed by atoms with Gasteiger partial charge in [0.25, 0.3) is 0 Å². The summed E-state index contributed by atoms with van der Waals surface area (Å²) in [5.41, 5.74) is 3.36. The van der Waals surface area contributed by atoms with E-state index in [1.54, 1.807) is 6.20 Å². The number of anilines is 1. The molecule has 1 saturated heterocycles. The van der Waals surface area contributed by atoms with Gasteiger partial charge in [0.2, 0.25) is 5.91 Å². The maximum absolute atomic E-state index is 13.6. The molecule has 204 valence electrons. The topological polar surface area (TPSA) is 58.0 Å². The first-order valence-electron chi connectivity index (χ1n) is 14.2. The Morgan fingerprint density at radius 1 is 1.00 bits per heavy atom. The summed E-state index contributed by atoms with van der Waals surface area (Å²) < 4.78 is 0. The molecule has 0 bridgehead atoms. The molecule has 2 aliphatic heterocycles. The van der Waals surface area contributed by atoms with E-state index in [-0.39, 0.29) is 16.9 Å². The molecular weight excluding hydrogens is 496 g/mol. The van der Waals surface area contributed by atoms with E-state index in [0.29, 0.717) is 24.0 Å². The predicted octanol–water partition coefficient (Wildman–Crippen LogP) is 6.61. The number of oxime groups is 1. The van der Waals surface area contributed by atoms with Crippen molar-refractivity contribution >= 4 is 29.0 Å². The number of nitrogens with zero attached hydrogens (tertiary/aromatic N) is 4. The van der Waals surface area contributed by atoms with Crippen LogP contribution in [0.15, 0.2) is 47.8 Å². The second-order valence-corrected chi connectivity index (χ2v) is 12.7. The van der Waals surface area contributed by atoms with Gasteiger partial charge in [-0.1, -0.05) is 74.6 Å². The van der Waals surface area contributed by atoms with Crippen molar-refractivity contribution in [3.63, 3.8) is 0 Å². The number of benzene rings is 1. The highest BCUT2D eigenvalue weighted by molar-refractivity contribution is 6.32. The van der Waals surface area contributed by atoms with Gasteiger partial charge in [0.05, 0.1) is 10.7 Å². The van der Waals surface area contributed by atoms with Crippen LogP contribution in [0.1, 0.15) is 83.3 Å². The van der Waals surface area contributed by atoms with Crippen LogP contribution in [0.5, 0.6) is 0 Å². The van der Waals surface area contributed by atoms with E-state index in [1.807, 2.05) is 12.1 Å². The molecule has 7 heteroatoms. The van der Waals surface area contributed by atoms with Crippen LogP contribution in [0.2, 0.25) is 5.02 Å². The van der Waals surface area contributed by atoms with Gasteiger partial charge in [-0.05, 0) is 60.8 Å². The first-order chi connectivity index (χ1) is 18.2. The van der Waals surface area contributed by atoms with E-state index in [1.165, 1.54) is 5.56 Å². The van der Waals surface area contributed by atoms with Crippen molar-refractivity contribution in [3.05, 3.63) is 58.7 Å². The molecule has 1 spiro atoms. The fourth-order valence-corrected chi connectivity index (χ4v) is 6.32.